The molecule has 1 saturated heterocycles. The largest absolute Gasteiger partial charge is 0.508 e. The number of benzene rings is 2. The standard InChI is InChI=1S/C19H19F5N2O2/c20-18(21,22)19(23,24)28-17-7-1-13(2-8-17)25-14-9-11-26(12-10-14)15-3-5-16(27)6-4-15/h1-8,14,25,27H,9-12H2. The highest BCUT2D eigenvalue weighted by Gasteiger charge is 2.61. The number of anilines is 2. The van der Waals surface area contributed by atoms with E-state index < -0.39 is 18.0 Å². The van der Waals surface area contributed by atoms with E-state index in [-0.39, 0.29) is 11.8 Å². The van der Waals surface area contributed by atoms with Gasteiger partial charge in [0.05, 0.1) is 0 Å². The van der Waals surface area contributed by atoms with Crippen LogP contribution in [0, 0.1) is 0 Å². The van der Waals surface area contributed by atoms with Gasteiger partial charge in [-0.25, -0.2) is 0 Å². The first-order valence-electron chi connectivity index (χ1n) is 8.68. The maximum Gasteiger partial charge on any atom is 0.499 e. The predicted octanol–water partition coefficient (Wildman–Crippen LogP) is 5.01. The third-order valence-electron chi connectivity index (χ3n) is 4.51. The van der Waals surface area contributed by atoms with Gasteiger partial charge in [0.25, 0.3) is 0 Å². The average Bonchev–Trinajstić information content (AvgIpc) is 2.64. The van der Waals surface area contributed by atoms with Crippen molar-refractivity contribution in [3.05, 3.63) is 48.5 Å². The number of nitrogens with zero attached hydrogens (tertiary/aromatic N) is 1. The fourth-order valence-corrected chi connectivity index (χ4v) is 3.01. The van der Waals surface area contributed by atoms with Crippen LogP contribution in [0.15, 0.2) is 48.5 Å². The van der Waals surface area contributed by atoms with Crippen molar-refractivity contribution in [1.29, 1.82) is 0 Å². The average molecular weight is 402 g/mol. The minimum Gasteiger partial charge on any atom is -0.508 e. The van der Waals surface area contributed by atoms with Crippen LogP contribution in [0.2, 0.25) is 0 Å². The molecule has 1 heterocycles. The summed E-state index contributed by atoms with van der Waals surface area (Å²) in [7, 11) is 0. The highest BCUT2D eigenvalue weighted by Crippen LogP contribution is 2.37. The normalized spacial score (nSPS) is 16.1. The van der Waals surface area contributed by atoms with Crippen molar-refractivity contribution >= 4 is 11.4 Å². The van der Waals surface area contributed by atoms with Gasteiger partial charge in [0.15, 0.2) is 0 Å². The van der Waals surface area contributed by atoms with Crippen molar-refractivity contribution in [3.8, 4) is 11.5 Å². The predicted molar refractivity (Wildman–Crippen MR) is 95.0 cm³/mol. The minimum atomic E-state index is -5.77. The maximum atomic E-state index is 12.9. The number of hydrogen-bond acceptors (Lipinski definition) is 4. The van der Waals surface area contributed by atoms with E-state index in [9.17, 15) is 27.1 Å². The topological polar surface area (TPSA) is 44.7 Å². The van der Waals surface area contributed by atoms with E-state index in [4.69, 9.17) is 0 Å². The number of ether oxygens (including phenoxy) is 1. The van der Waals surface area contributed by atoms with Gasteiger partial charge in [-0.1, -0.05) is 0 Å². The number of alkyl halides is 5. The molecule has 0 aliphatic carbocycles. The Morgan fingerprint density at radius 2 is 1.46 bits per heavy atom. The number of phenols is 1. The number of nitrogens with one attached hydrogen (secondary N) is 1. The second-order valence-corrected chi connectivity index (χ2v) is 6.56. The van der Waals surface area contributed by atoms with Gasteiger partial charge in [0, 0.05) is 30.5 Å². The van der Waals surface area contributed by atoms with Crippen LogP contribution < -0.4 is 15.0 Å². The van der Waals surface area contributed by atoms with E-state index >= 15 is 0 Å². The van der Waals surface area contributed by atoms with Gasteiger partial charge in [-0.15, -0.1) is 0 Å². The molecule has 1 aliphatic rings. The number of phenolic OH excluding ortho intramolecular Hbond substituents is 1. The van der Waals surface area contributed by atoms with Crippen LogP contribution in [0.4, 0.5) is 33.3 Å². The number of piperidine rings is 1. The Morgan fingerprint density at radius 1 is 0.893 bits per heavy atom. The summed E-state index contributed by atoms with van der Waals surface area (Å²) in [6.07, 6.45) is -9.35. The van der Waals surface area contributed by atoms with Crippen LogP contribution in [0.25, 0.3) is 0 Å². The highest BCUT2D eigenvalue weighted by molar-refractivity contribution is 5.50. The van der Waals surface area contributed by atoms with E-state index in [1.165, 1.54) is 12.1 Å². The maximum absolute atomic E-state index is 12.9. The molecule has 152 valence electrons. The van der Waals surface area contributed by atoms with Crippen LogP contribution in [0.3, 0.4) is 0 Å². The summed E-state index contributed by atoms with van der Waals surface area (Å²) < 4.78 is 66.1. The van der Waals surface area contributed by atoms with E-state index in [0.717, 1.165) is 43.8 Å². The molecule has 2 aromatic carbocycles. The Balaban J connectivity index is 1.52. The third-order valence-corrected chi connectivity index (χ3v) is 4.51. The molecule has 0 unspecified atom stereocenters. The van der Waals surface area contributed by atoms with Gasteiger partial charge >= 0.3 is 12.3 Å². The quantitative estimate of drug-likeness (QED) is 0.691. The van der Waals surface area contributed by atoms with Crippen molar-refractivity contribution < 1.29 is 31.8 Å². The molecule has 9 heteroatoms. The zero-order valence-electron chi connectivity index (χ0n) is 14.7. The summed E-state index contributed by atoms with van der Waals surface area (Å²) in [5, 5.41) is 12.6. The van der Waals surface area contributed by atoms with Gasteiger partial charge in [-0.05, 0) is 61.4 Å². The molecule has 28 heavy (non-hydrogen) atoms. The molecule has 0 saturated carbocycles. The molecular formula is C19H19F5N2O2. The molecule has 0 atom stereocenters. The molecular weight excluding hydrogens is 383 g/mol. The first-order chi connectivity index (χ1) is 13.1. The second-order valence-electron chi connectivity index (χ2n) is 6.56. The summed E-state index contributed by atoms with van der Waals surface area (Å²) in [5.41, 5.74) is 1.63. The molecule has 2 N–H and O–H groups in total. The number of rotatable bonds is 5. The fourth-order valence-electron chi connectivity index (χ4n) is 3.01. The lowest BCUT2D eigenvalue weighted by atomic mass is 10.0. The van der Waals surface area contributed by atoms with Crippen LogP contribution >= 0.6 is 0 Å². The molecule has 0 amide bonds. The van der Waals surface area contributed by atoms with Crippen molar-refractivity contribution in [2.45, 2.75) is 31.2 Å². The van der Waals surface area contributed by atoms with E-state index in [1.54, 1.807) is 12.1 Å². The molecule has 4 nitrogen and oxygen atoms in total. The molecule has 0 radical (unpaired) electrons. The van der Waals surface area contributed by atoms with E-state index in [2.05, 4.69) is 15.0 Å². The summed E-state index contributed by atoms with van der Waals surface area (Å²) >= 11 is 0. The van der Waals surface area contributed by atoms with Crippen LogP contribution in [0.5, 0.6) is 11.5 Å². The van der Waals surface area contributed by atoms with E-state index in [0.29, 0.717) is 5.69 Å². The minimum absolute atomic E-state index is 0.150. The first-order valence-corrected chi connectivity index (χ1v) is 8.68. The lowest BCUT2D eigenvalue weighted by molar-refractivity contribution is -0.360. The van der Waals surface area contributed by atoms with Gasteiger partial charge in [0.1, 0.15) is 11.5 Å². The van der Waals surface area contributed by atoms with Gasteiger partial charge in [-0.3, -0.25) is 0 Å². The molecule has 0 bridgehead atoms. The lowest BCUT2D eigenvalue weighted by Crippen LogP contribution is -2.41. The summed E-state index contributed by atoms with van der Waals surface area (Å²) in [6.45, 7) is 1.59. The van der Waals surface area contributed by atoms with Gasteiger partial charge in [0.2, 0.25) is 0 Å². The van der Waals surface area contributed by atoms with Crippen LogP contribution in [-0.4, -0.2) is 36.5 Å². The third kappa shape index (κ3) is 4.76. The Bertz CT molecular complexity index is 770. The van der Waals surface area contributed by atoms with Gasteiger partial charge < -0.3 is 20.1 Å². The van der Waals surface area contributed by atoms with E-state index in [1.807, 2.05) is 12.1 Å². The first kappa shape index (κ1) is 20.0. The van der Waals surface area contributed by atoms with Crippen LogP contribution in [-0.2, 0) is 0 Å². The summed E-state index contributed by atoms with van der Waals surface area (Å²) in [6, 6.07) is 12.1. The second kappa shape index (κ2) is 7.73. The van der Waals surface area contributed by atoms with Crippen LogP contribution in [0.1, 0.15) is 12.8 Å². The van der Waals surface area contributed by atoms with Gasteiger partial charge in [-0.2, -0.15) is 22.0 Å². The molecule has 3 rings (SSSR count). The number of aromatic hydroxyl groups is 1. The number of halogens is 5. The molecule has 0 aromatic heterocycles. The zero-order valence-corrected chi connectivity index (χ0v) is 14.7. The zero-order chi connectivity index (χ0) is 20.4. The van der Waals surface area contributed by atoms with Crippen molar-refractivity contribution in [1.82, 2.24) is 0 Å². The fraction of sp³-hybridized carbons (Fsp3) is 0.368. The SMILES string of the molecule is Oc1ccc(N2CCC(Nc3ccc(OC(F)(F)C(F)(F)F)cc3)CC2)cc1. The Hall–Kier alpha value is -2.71. The lowest BCUT2D eigenvalue weighted by Gasteiger charge is -2.34. The Kier molecular flexibility index (Phi) is 5.53. The summed E-state index contributed by atoms with van der Waals surface area (Å²) in [4.78, 5) is 2.19. The monoisotopic (exact) mass is 402 g/mol. The Morgan fingerprint density at radius 3 is 2.00 bits per heavy atom. The van der Waals surface area contributed by atoms with Crippen molar-refractivity contribution in [2.24, 2.45) is 0 Å². The Labute approximate surface area is 158 Å². The summed E-state index contributed by atoms with van der Waals surface area (Å²) in [5.74, 6) is -0.351. The smallest absolute Gasteiger partial charge is 0.499 e. The molecule has 2 aromatic rings. The molecule has 0 spiro atoms. The highest BCUT2D eigenvalue weighted by atomic mass is 19.4. The molecule has 1 fully saturated rings. The van der Waals surface area contributed by atoms with Crippen molar-refractivity contribution in [2.75, 3.05) is 23.3 Å². The van der Waals surface area contributed by atoms with Crippen molar-refractivity contribution in [3.63, 3.8) is 0 Å². The number of hydrogen-bond donors (Lipinski definition) is 2. The molecule has 1 aliphatic heterocycles.